The molecule has 2 aromatic rings. The van der Waals surface area contributed by atoms with E-state index in [2.05, 4.69) is 16.1 Å². The average molecular weight is 293 g/mol. The highest BCUT2D eigenvalue weighted by Crippen LogP contribution is 2.28. The molecule has 2 aromatic heterocycles. The number of rotatable bonds is 2. The summed E-state index contributed by atoms with van der Waals surface area (Å²) in [5.41, 5.74) is 3.09. The summed E-state index contributed by atoms with van der Waals surface area (Å²) in [7, 11) is 1.95. The molecule has 0 radical (unpaired) electrons. The van der Waals surface area contributed by atoms with E-state index in [1.807, 2.05) is 18.7 Å². The minimum atomic E-state index is 0.503. The lowest BCUT2D eigenvalue weighted by atomic mass is 10.2. The van der Waals surface area contributed by atoms with E-state index in [-0.39, 0.29) is 0 Å². The molecule has 1 fully saturated rings. The molecule has 108 valence electrons. The Labute approximate surface area is 124 Å². The van der Waals surface area contributed by atoms with Crippen molar-refractivity contribution in [2.45, 2.75) is 38.5 Å². The van der Waals surface area contributed by atoms with Crippen LogP contribution in [0.15, 0.2) is 6.07 Å². The molecule has 4 nitrogen and oxygen atoms in total. The smallest absolute Gasteiger partial charge is 0.160 e. The van der Waals surface area contributed by atoms with Crippen molar-refractivity contribution in [2.24, 2.45) is 7.05 Å². The van der Waals surface area contributed by atoms with Crippen LogP contribution in [0.2, 0.25) is 0 Å². The maximum atomic E-state index is 6.16. The molecule has 1 aliphatic heterocycles. The Balaban J connectivity index is 2.10. The van der Waals surface area contributed by atoms with Crippen LogP contribution in [0, 0.1) is 6.92 Å². The topological polar surface area (TPSA) is 34.0 Å². The van der Waals surface area contributed by atoms with E-state index >= 15 is 0 Å². The van der Waals surface area contributed by atoms with Crippen LogP contribution < -0.4 is 4.90 Å². The first-order chi connectivity index (χ1) is 9.70. The molecular formula is C15H21ClN4. The molecule has 0 saturated carbocycles. The molecule has 3 rings (SSSR count). The fourth-order valence-electron chi connectivity index (χ4n) is 3.03. The maximum absolute atomic E-state index is 6.16. The normalized spacial score (nSPS) is 16.6. The number of nitrogens with zero attached hydrogens (tertiary/aromatic N) is 4. The van der Waals surface area contributed by atoms with Crippen molar-refractivity contribution in [1.29, 1.82) is 0 Å². The molecule has 0 aromatic carbocycles. The van der Waals surface area contributed by atoms with E-state index in [1.54, 1.807) is 0 Å². The lowest BCUT2D eigenvalue weighted by Crippen LogP contribution is -2.26. The summed E-state index contributed by atoms with van der Waals surface area (Å²) in [6.45, 7) is 4.19. The first-order valence-corrected chi connectivity index (χ1v) is 7.88. The molecule has 20 heavy (non-hydrogen) atoms. The Morgan fingerprint density at radius 1 is 1.20 bits per heavy atom. The van der Waals surface area contributed by atoms with Crippen molar-refractivity contribution < 1.29 is 0 Å². The molecule has 0 amide bonds. The van der Waals surface area contributed by atoms with Gasteiger partial charge in [0.1, 0.15) is 5.82 Å². The SMILES string of the molecule is Cc1nn(C)c2nc(N3CCCCCC3)c(CCl)cc12. The molecule has 1 saturated heterocycles. The molecular weight excluding hydrogens is 272 g/mol. The Hall–Kier alpha value is -1.29. The highest BCUT2D eigenvalue weighted by atomic mass is 35.5. The van der Waals surface area contributed by atoms with Gasteiger partial charge in [-0.15, -0.1) is 11.6 Å². The van der Waals surface area contributed by atoms with Gasteiger partial charge in [-0.1, -0.05) is 12.8 Å². The zero-order valence-electron chi connectivity index (χ0n) is 12.2. The van der Waals surface area contributed by atoms with Gasteiger partial charge in [0.15, 0.2) is 5.65 Å². The van der Waals surface area contributed by atoms with Crippen LogP contribution in [0.4, 0.5) is 5.82 Å². The molecule has 0 unspecified atom stereocenters. The number of fused-ring (bicyclic) bond motifs is 1. The predicted octanol–water partition coefficient (Wildman–Crippen LogP) is 3.40. The van der Waals surface area contributed by atoms with E-state index in [0.717, 1.165) is 41.2 Å². The lowest BCUT2D eigenvalue weighted by Gasteiger charge is -2.23. The number of anilines is 1. The summed E-state index contributed by atoms with van der Waals surface area (Å²) in [6.07, 6.45) is 5.12. The molecule has 1 aliphatic rings. The zero-order valence-corrected chi connectivity index (χ0v) is 12.9. The third-order valence-electron chi connectivity index (χ3n) is 4.10. The van der Waals surface area contributed by atoms with Crippen LogP contribution in [0.25, 0.3) is 11.0 Å². The zero-order chi connectivity index (χ0) is 14.1. The molecule has 0 aliphatic carbocycles. The van der Waals surface area contributed by atoms with E-state index in [1.165, 1.54) is 25.7 Å². The van der Waals surface area contributed by atoms with Crippen molar-refractivity contribution >= 4 is 28.5 Å². The summed E-state index contributed by atoms with van der Waals surface area (Å²) < 4.78 is 1.87. The number of pyridine rings is 1. The van der Waals surface area contributed by atoms with Crippen molar-refractivity contribution in [1.82, 2.24) is 14.8 Å². The van der Waals surface area contributed by atoms with Crippen LogP contribution in [0.3, 0.4) is 0 Å². The van der Waals surface area contributed by atoms with Gasteiger partial charge < -0.3 is 4.90 Å². The highest BCUT2D eigenvalue weighted by molar-refractivity contribution is 6.17. The van der Waals surface area contributed by atoms with Gasteiger partial charge >= 0.3 is 0 Å². The molecule has 3 heterocycles. The number of hydrogen-bond acceptors (Lipinski definition) is 3. The summed E-state index contributed by atoms with van der Waals surface area (Å²) in [5.74, 6) is 1.56. The summed E-state index contributed by atoms with van der Waals surface area (Å²) in [5, 5.41) is 5.58. The van der Waals surface area contributed by atoms with Gasteiger partial charge in [-0.25, -0.2) is 4.98 Å². The second-order valence-corrected chi connectivity index (χ2v) is 5.85. The lowest BCUT2D eigenvalue weighted by molar-refractivity contribution is 0.726. The molecule has 0 N–H and O–H groups in total. The number of aromatic nitrogens is 3. The summed E-state index contributed by atoms with van der Waals surface area (Å²) in [6, 6.07) is 2.16. The Morgan fingerprint density at radius 2 is 1.90 bits per heavy atom. The number of aryl methyl sites for hydroxylation is 2. The standard InChI is InChI=1S/C15H21ClN4/c1-11-13-9-12(10-16)14(17-15(13)19(2)18-11)20-7-5-3-4-6-8-20/h9H,3-8,10H2,1-2H3. The van der Waals surface area contributed by atoms with E-state index < -0.39 is 0 Å². The van der Waals surface area contributed by atoms with Crippen molar-refractivity contribution in [3.05, 3.63) is 17.3 Å². The minimum Gasteiger partial charge on any atom is -0.356 e. The average Bonchev–Trinajstić information content (AvgIpc) is 2.66. The van der Waals surface area contributed by atoms with Gasteiger partial charge in [-0.3, -0.25) is 4.68 Å². The third-order valence-corrected chi connectivity index (χ3v) is 4.39. The van der Waals surface area contributed by atoms with Crippen molar-refractivity contribution in [3.63, 3.8) is 0 Å². The molecule has 0 bridgehead atoms. The van der Waals surface area contributed by atoms with Gasteiger partial charge in [0.05, 0.1) is 11.6 Å². The Bertz CT molecular complexity index is 612. The predicted molar refractivity (Wildman–Crippen MR) is 83.5 cm³/mol. The fourth-order valence-corrected chi connectivity index (χ4v) is 3.23. The largest absolute Gasteiger partial charge is 0.356 e. The summed E-state index contributed by atoms with van der Waals surface area (Å²) in [4.78, 5) is 7.27. The van der Waals surface area contributed by atoms with Crippen LogP contribution in [0.1, 0.15) is 36.9 Å². The van der Waals surface area contributed by atoms with Gasteiger partial charge in [0.2, 0.25) is 0 Å². The van der Waals surface area contributed by atoms with Crippen LogP contribution in [0.5, 0.6) is 0 Å². The van der Waals surface area contributed by atoms with Crippen LogP contribution in [-0.4, -0.2) is 27.9 Å². The van der Waals surface area contributed by atoms with E-state index in [0.29, 0.717) is 5.88 Å². The van der Waals surface area contributed by atoms with Gasteiger partial charge in [0.25, 0.3) is 0 Å². The maximum Gasteiger partial charge on any atom is 0.160 e. The Kier molecular flexibility index (Phi) is 3.83. The number of alkyl halides is 1. The first-order valence-electron chi connectivity index (χ1n) is 7.35. The fraction of sp³-hybridized carbons (Fsp3) is 0.600. The number of hydrogen-bond donors (Lipinski definition) is 0. The number of halogens is 1. The Morgan fingerprint density at radius 3 is 2.55 bits per heavy atom. The van der Waals surface area contributed by atoms with Gasteiger partial charge in [-0.05, 0) is 25.8 Å². The minimum absolute atomic E-state index is 0.503. The first kappa shape index (κ1) is 13.7. The summed E-state index contributed by atoms with van der Waals surface area (Å²) >= 11 is 6.16. The van der Waals surface area contributed by atoms with Gasteiger partial charge in [0, 0.05) is 31.1 Å². The highest BCUT2D eigenvalue weighted by Gasteiger charge is 2.18. The van der Waals surface area contributed by atoms with Crippen LogP contribution in [-0.2, 0) is 12.9 Å². The second-order valence-electron chi connectivity index (χ2n) is 5.59. The van der Waals surface area contributed by atoms with Crippen LogP contribution >= 0.6 is 11.6 Å². The molecule has 0 atom stereocenters. The van der Waals surface area contributed by atoms with E-state index in [9.17, 15) is 0 Å². The van der Waals surface area contributed by atoms with E-state index in [4.69, 9.17) is 16.6 Å². The molecule has 5 heteroatoms. The van der Waals surface area contributed by atoms with Crippen molar-refractivity contribution in [2.75, 3.05) is 18.0 Å². The third kappa shape index (κ3) is 2.37. The quantitative estimate of drug-likeness (QED) is 0.796. The second kappa shape index (κ2) is 5.60. The molecule has 0 spiro atoms. The monoisotopic (exact) mass is 292 g/mol. The van der Waals surface area contributed by atoms with Crippen molar-refractivity contribution in [3.8, 4) is 0 Å². The van der Waals surface area contributed by atoms with Gasteiger partial charge in [-0.2, -0.15) is 5.10 Å².